The Bertz CT molecular complexity index is 873. The number of methoxy groups -OCH3 is 1. The van der Waals surface area contributed by atoms with Crippen molar-refractivity contribution in [2.45, 2.75) is 38.3 Å². The molecule has 28 heavy (non-hydrogen) atoms. The molecule has 0 unspecified atom stereocenters. The van der Waals surface area contributed by atoms with Crippen molar-refractivity contribution in [1.29, 1.82) is 0 Å². The van der Waals surface area contributed by atoms with Gasteiger partial charge < -0.3 is 18.9 Å². The molecule has 0 radical (unpaired) electrons. The number of fused-ring (bicyclic) bond motifs is 1. The van der Waals surface area contributed by atoms with Gasteiger partial charge in [-0.25, -0.2) is 4.79 Å². The number of nitrogens with zero attached hydrogens (tertiary/aromatic N) is 5. The van der Waals surface area contributed by atoms with Crippen LogP contribution in [0.25, 0.3) is 0 Å². The highest BCUT2D eigenvalue weighted by atomic mass is 16.5. The number of carbonyl (C=O) groups is 2. The van der Waals surface area contributed by atoms with Gasteiger partial charge >= 0.3 is 5.97 Å². The second kappa shape index (κ2) is 7.67. The second-order valence-corrected chi connectivity index (χ2v) is 7.19. The Labute approximate surface area is 162 Å². The van der Waals surface area contributed by atoms with Crippen molar-refractivity contribution >= 4 is 11.9 Å². The number of amides is 1. The molecule has 4 heterocycles. The minimum atomic E-state index is -0.480. The van der Waals surface area contributed by atoms with Gasteiger partial charge in [-0.2, -0.15) is 0 Å². The van der Waals surface area contributed by atoms with Gasteiger partial charge in [0.05, 0.1) is 25.3 Å². The van der Waals surface area contributed by atoms with Gasteiger partial charge in [0.1, 0.15) is 11.5 Å². The number of aromatic nitrogens is 4. The van der Waals surface area contributed by atoms with Gasteiger partial charge in [0.2, 0.25) is 0 Å². The van der Waals surface area contributed by atoms with Crippen molar-refractivity contribution in [2.75, 3.05) is 26.9 Å². The Morgan fingerprint density at radius 3 is 2.68 bits per heavy atom. The summed E-state index contributed by atoms with van der Waals surface area (Å²) in [5, 5.41) is 8.78. The van der Waals surface area contributed by atoms with Crippen LogP contribution < -0.4 is 0 Å². The van der Waals surface area contributed by atoms with E-state index in [1.165, 1.54) is 13.3 Å². The molecule has 2 aromatic heterocycles. The molecule has 9 nitrogen and oxygen atoms in total. The van der Waals surface area contributed by atoms with Crippen LogP contribution in [-0.2, 0) is 16.0 Å². The van der Waals surface area contributed by atoms with E-state index in [1.807, 2.05) is 0 Å². The van der Waals surface area contributed by atoms with E-state index in [-0.39, 0.29) is 17.6 Å². The number of carbonyl (C=O) groups excluding carboxylic acids is 2. The van der Waals surface area contributed by atoms with E-state index in [9.17, 15) is 9.59 Å². The Kier molecular flexibility index (Phi) is 5.08. The van der Waals surface area contributed by atoms with Crippen LogP contribution in [0, 0.1) is 0 Å². The smallest absolute Gasteiger partial charge is 0.339 e. The van der Waals surface area contributed by atoms with Gasteiger partial charge in [-0.1, -0.05) is 0 Å². The van der Waals surface area contributed by atoms with Crippen LogP contribution in [0.5, 0.6) is 0 Å². The summed E-state index contributed by atoms with van der Waals surface area (Å²) in [5.41, 5.74) is 0.601. The Balaban J connectivity index is 1.52. The van der Waals surface area contributed by atoms with Gasteiger partial charge in [-0.3, -0.25) is 9.78 Å². The zero-order valence-corrected chi connectivity index (χ0v) is 16.0. The molecule has 2 aliphatic heterocycles. The number of pyridine rings is 1. The van der Waals surface area contributed by atoms with Crippen molar-refractivity contribution in [3.05, 3.63) is 41.2 Å². The molecule has 0 spiro atoms. The van der Waals surface area contributed by atoms with E-state index in [1.54, 1.807) is 17.0 Å². The van der Waals surface area contributed by atoms with Crippen molar-refractivity contribution in [2.24, 2.45) is 0 Å². The predicted octanol–water partition coefficient (Wildman–Crippen LogP) is 1.57. The molecule has 1 atom stereocenters. The Morgan fingerprint density at radius 2 is 2.00 bits per heavy atom. The fraction of sp³-hybridized carbons (Fsp3) is 0.526. The van der Waals surface area contributed by atoms with Crippen LogP contribution in [0.2, 0.25) is 0 Å². The number of hydrogen-bond acceptors (Lipinski definition) is 7. The fourth-order valence-corrected chi connectivity index (χ4v) is 3.87. The van der Waals surface area contributed by atoms with Crippen LogP contribution >= 0.6 is 0 Å². The van der Waals surface area contributed by atoms with Gasteiger partial charge in [-0.15, -0.1) is 10.2 Å². The third-order valence-corrected chi connectivity index (χ3v) is 5.33. The predicted molar refractivity (Wildman–Crippen MR) is 97.8 cm³/mol. The molecule has 0 aliphatic carbocycles. The summed E-state index contributed by atoms with van der Waals surface area (Å²) in [6.45, 7) is 4.52. The number of esters is 1. The van der Waals surface area contributed by atoms with Crippen molar-refractivity contribution in [3.63, 3.8) is 0 Å². The first kappa shape index (κ1) is 18.5. The highest BCUT2D eigenvalue weighted by molar-refractivity contribution is 5.94. The zero-order valence-electron chi connectivity index (χ0n) is 16.0. The van der Waals surface area contributed by atoms with Crippen LogP contribution in [0.4, 0.5) is 0 Å². The van der Waals surface area contributed by atoms with E-state index in [4.69, 9.17) is 4.74 Å². The SMILES string of the molecule is COC(=O)c1ccc(C(=O)N2Cc3nnc(C4CCOCC4)n3[C@@H](C)C2)nc1. The van der Waals surface area contributed by atoms with Gasteiger partial charge in [0.25, 0.3) is 5.91 Å². The van der Waals surface area contributed by atoms with E-state index in [0.717, 1.165) is 37.7 Å². The normalized spacial score (nSPS) is 19.9. The van der Waals surface area contributed by atoms with Crippen LogP contribution in [0.1, 0.15) is 64.2 Å². The minimum Gasteiger partial charge on any atom is -0.465 e. The highest BCUT2D eigenvalue weighted by Gasteiger charge is 2.32. The number of ether oxygens (including phenoxy) is 2. The molecule has 0 bridgehead atoms. The molecule has 148 valence electrons. The molecule has 1 fully saturated rings. The first-order valence-electron chi connectivity index (χ1n) is 9.43. The number of rotatable bonds is 3. The third-order valence-electron chi connectivity index (χ3n) is 5.33. The average Bonchev–Trinajstić information content (AvgIpc) is 3.18. The first-order chi connectivity index (χ1) is 13.6. The fourth-order valence-electron chi connectivity index (χ4n) is 3.87. The molecule has 2 aliphatic rings. The lowest BCUT2D eigenvalue weighted by atomic mass is 9.99. The molecular formula is C19H23N5O4. The van der Waals surface area contributed by atoms with E-state index >= 15 is 0 Å². The zero-order chi connectivity index (χ0) is 19.7. The average molecular weight is 385 g/mol. The lowest BCUT2D eigenvalue weighted by Crippen LogP contribution is -2.41. The van der Waals surface area contributed by atoms with E-state index in [2.05, 4.69) is 31.4 Å². The molecule has 0 aromatic carbocycles. The third kappa shape index (κ3) is 3.37. The molecule has 9 heteroatoms. The summed E-state index contributed by atoms with van der Waals surface area (Å²) < 4.78 is 12.3. The molecule has 4 rings (SSSR count). The Morgan fingerprint density at radius 1 is 1.21 bits per heavy atom. The summed E-state index contributed by atoms with van der Waals surface area (Å²) >= 11 is 0. The molecule has 1 amide bonds. The maximum atomic E-state index is 12.9. The minimum absolute atomic E-state index is 0.0786. The maximum Gasteiger partial charge on any atom is 0.339 e. The summed E-state index contributed by atoms with van der Waals surface area (Å²) in [7, 11) is 1.31. The van der Waals surface area contributed by atoms with Gasteiger partial charge in [-0.05, 0) is 31.9 Å². The topological polar surface area (TPSA) is 99.4 Å². The number of hydrogen-bond donors (Lipinski definition) is 0. The molecule has 1 saturated heterocycles. The van der Waals surface area contributed by atoms with Crippen molar-refractivity contribution in [3.8, 4) is 0 Å². The van der Waals surface area contributed by atoms with Crippen molar-refractivity contribution < 1.29 is 19.1 Å². The van der Waals surface area contributed by atoms with Gasteiger partial charge in [0.15, 0.2) is 5.82 Å². The lowest BCUT2D eigenvalue weighted by molar-refractivity contribution is 0.0597. The van der Waals surface area contributed by atoms with E-state index < -0.39 is 5.97 Å². The van der Waals surface area contributed by atoms with Crippen LogP contribution in [0.15, 0.2) is 18.3 Å². The van der Waals surface area contributed by atoms with Gasteiger partial charge in [0, 0.05) is 31.9 Å². The summed E-state index contributed by atoms with van der Waals surface area (Å²) in [4.78, 5) is 30.3. The highest BCUT2D eigenvalue weighted by Crippen LogP contribution is 2.31. The summed E-state index contributed by atoms with van der Waals surface area (Å²) in [6, 6.07) is 3.17. The maximum absolute atomic E-state index is 12.9. The molecule has 0 N–H and O–H groups in total. The van der Waals surface area contributed by atoms with Crippen LogP contribution in [0.3, 0.4) is 0 Å². The standard InChI is InChI=1S/C19H23N5O4/c1-12-10-23(18(25)15-4-3-14(9-20-15)19(26)27-2)11-16-21-22-17(24(12)16)13-5-7-28-8-6-13/h3-4,9,12-13H,5-8,10-11H2,1-2H3/t12-/m0/s1. The first-order valence-corrected chi connectivity index (χ1v) is 9.43. The molecule has 2 aromatic rings. The van der Waals surface area contributed by atoms with E-state index in [0.29, 0.717) is 24.6 Å². The second-order valence-electron chi connectivity index (χ2n) is 7.19. The summed E-state index contributed by atoms with van der Waals surface area (Å²) in [5.74, 6) is 1.47. The molecule has 0 saturated carbocycles. The monoisotopic (exact) mass is 385 g/mol. The molecular weight excluding hydrogens is 362 g/mol. The summed E-state index contributed by atoms with van der Waals surface area (Å²) in [6.07, 6.45) is 3.26. The lowest BCUT2D eigenvalue weighted by Gasteiger charge is -2.33. The Hall–Kier alpha value is -2.81. The largest absolute Gasteiger partial charge is 0.465 e. The van der Waals surface area contributed by atoms with Crippen molar-refractivity contribution in [1.82, 2.24) is 24.6 Å². The quantitative estimate of drug-likeness (QED) is 0.740. The van der Waals surface area contributed by atoms with Crippen LogP contribution in [-0.4, -0.2) is 63.4 Å².